The van der Waals surface area contributed by atoms with Gasteiger partial charge in [0.2, 0.25) is 0 Å². The molecule has 1 N–H and O–H groups in total. The van der Waals surface area contributed by atoms with Crippen molar-refractivity contribution in [2.45, 2.75) is 64.3 Å². The lowest BCUT2D eigenvalue weighted by atomic mass is 9.96. The van der Waals surface area contributed by atoms with E-state index < -0.39 is 5.60 Å². The number of hydrogen-bond acceptors (Lipinski definition) is 6. The van der Waals surface area contributed by atoms with Crippen LogP contribution in [-0.4, -0.2) is 65.8 Å². The second kappa shape index (κ2) is 8.13. The first-order valence-electron chi connectivity index (χ1n) is 10.7. The van der Waals surface area contributed by atoms with E-state index in [2.05, 4.69) is 16.3 Å². The molecule has 0 bridgehead atoms. The molecule has 29 heavy (non-hydrogen) atoms. The Morgan fingerprint density at radius 2 is 2.03 bits per heavy atom. The molecular formula is C22H32N4O3. The normalized spacial score (nSPS) is 21.9. The summed E-state index contributed by atoms with van der Waals surface area (Å²) < 4.78 is 11.7. The third-order valence-electron chi connectivity index (χ3n) is 5.61. The van der Waals surface area contributed by atoms with Crippen molar-refractivity contribution in [3.8, 4) is 5.75 Å². The number of rotatable bonds is 4. The third kappa shape index (κ3) is 4.77. The number of benzene rings is 1. The SMILES string of the molecule is CC(C)(C)OC(=O)N1CCN2C(NCc3ccccc3OC3CCC3)=NCC2C1. The molecule has 1 unspecified atom stereocenters. The zero-order chi connectivity index (χ0) is 20.4. The maximum Gasteiger partial charge on any atom is 0.410 e. The molecule has 1 atom stereocenters. The maximum atomic E-state index is 12.4. The lowest BCUT2D eigenvalue weighted by molar-refractivity contribution is 0.0137. The molecule has 1 aromatic rings. The van der Waals surface area contributed by atoms with E-state index >= 15 is 0 Å². The molecule has 0 aromatic heterocycles. The van der Waals surface area contributed by atoms with Crippen LogP contribution < -0.4 is 10.1 Å². The van der Waals surface area contributed by atoms with E-state index in [1.54, 1.807) is 4.90 Å². The van der Waals surface area contributed by atoms with Gasteiger partial charge in [0.1, 0.15) is 11.4 Å². The minimum atomic E-state index is -0.470. The Hall–Kier alpha value is -2.44. The predicted octanol–water partition coefficient (Wildman–Crippen LogP) is 3.00. The van der Waals surface area contributed by atoms with Crippen molar-refractivity contribution in [3.63, 3.8) is 0 Å². The van der Waals surface area contributed by atoms with Gasteiger partial charge in [0.25, 0.3) is 0 Å². The lowest BCUT2D eigenvalue weighted by Gasteiger charge is -2.39. The number of ether oxygens (including phenoxy) is 2. The number of hydrogen-bond donors (Lipinski definition) is 1. The summed E-state index contributed by atoms with van der Waals surface area (Å²) in [7, 11) is 0. The van der Waals surface area contributed by atoms with Crippen molar-refractivity contribution in [3.05, 3.63) is 29.8 Å². The average Bonchev–Trinajstić information content (AvgIpc) is 3.04. The van der Waals surface area contributed by atoms with Gasteiger partial charge in [0, 0.05) is 31.7 Å². The molecular weight excluding hydrogens is 368 g/mol. The number of nitrogens with one attached hydrogen (secondary N) is 1. The fourth-order valence-corrected chi connectivity index (χ4v) is 3.83. The molecule has 1 aliphatic carbocycles. The zero-order valence-corrected chi connectivity index (χ0v) is 17.7. The standard InChI is InChI=1S/C22H32N4O3/c1-22(2,3)29-21(27)25-11-12-26-17(15-25)14-24-20(26)23-13-16-7-4-5-10-19(16)28-18-8-6-9-18/h4-5,7,10,17-18H,6,8-9,11-15H2,1-3H3,(H,23,24). The zero-order valence-electron chi connectivity index (χ0n) is 17.7. The number of para-hydroxylation sites is 1. The first-order valence-corrected chi connectivity index (χ1v) is 10.7. The van der Waals surface area contributed by atoms with Crippen LogP contribution in [0.25, 0.3) is 0 Å². The minimum Gasteiger partial charge on any atom is -0.490 e. The van der Waals surface area contributed by atoms with E-state index in [0.717, 1.165) is 36.7 Å². The van der Waals surface area contributed by atoms with E-state index in [1.165, 1.54) is 6.42 Å². The molecule has 7 heteroatoms. The van der Waals surface area contributed by atoms with Crippen molar-refractivity contribution >= 4 is 12.1 Å². The molecule has 2 fully saturated rings. The van der Waals surface area contributed by atoms with Gasteiger partial charge in [-0.1, -0.05) is 18.2 Å². The van der Waals surface area contributed by atoms with E-state index in [0.29, 0.717) is 32.3 Å². The van der Waals surface area contributed by atoms with Gasteiger partial charge in [-0.25, -0.2) is 4.79 Å². The number of aliphatic imine (C=N–C) groups is 1. The first-order chi connectivity index (χ1) is 13.9. The molecule has 0 radical (unpaired) electrons. The van der Waals surface area contributed by atoms with Crippen molar-refractivity contribution < 1.29 is 14.3 Å². The van der Waals surface area contributed by atoms with Crippen LogP contribution in [0.1, 0.15) is 45.6 Å². The van der Waals surface area contributed by atoms with Gasteiger partial charge in [0.15, 0.2) is 5.96 Å². The molecule has 158 valence electrons. The van der Waals surface area contributed by atoms with Crippen LogP contribution in [-0.2, 0) is 11.3 Å². The van der Waals surface area contributed by atoms with E-state index in [9.17, 15) is 4.79 Å². The van der Waals surface area contributed by atoms with E-state index in [-0.39, 0.29) is 12.1 Å². The second-order valence-electron chi connectivity index (χ2n) is 9.07. The van der Waals surface area contributed by atoms with Gasteiger partial charge in [-0.3, -0.25) is 4.99 Å². The Morgan fingerprint density at radius 1 is 1.24 bits per heavy atom. The van der Waals surface area contributed by atoms with Crippen LogP contribution in [0.5, 0.6) is 5.75 Å². The van der Waals surface area contributed by atoms with Crippen molar-refractivity contribution in [2.24, 2.45) is 4.99 Å². The number of piperazine rings is 1. The lowest BCUT2D eigenvalue weighted by Crippen LogP contribution is -2.57. The van der Waals surface area contributed by atoms with Gasteiger partial charge in [0.05, 0.1) is 18.7 Å². The Morgan fingerprint density at radius 3 is 2.76 bits per heavy atom. The largest absolute Gasteiger partial charge is 0.490 e. The molecule has 1 saturated carbocycles. The summed E-state index contributed by atoms with van der Waals surface area (Å²) >= 11 is 0. The maximum absolute atomic E-state index is 12.4. The summed E-state index contributed by atoms with van der Waals surface area (Å²) in [6.07, 6.45) is 3.69. The van der Waals surface area contributed by atoms with Gasteiger partial charge >= 0.3 is 6.09 Å². The van der Waals surface area contributed by atoms with Gasteiger partial charge < -0.3 is 24.6 Å². The molecule has 0 spiro atoms. The second-order valence-corrected chi connectivity index (χ2v) is 9.07. The summed E-state index contributed by atoms with van der Waals surface area (Å²) in [5.41, 5.74) is 0.681. The average molecular weight is 401 g/mol. The number of guanidine groups is 1. The van der Waals surface area contributed by atoms with E-state index in [4.69, 9.17) is 14.5 Å². The monoisotopic (exact) mass is 400 g/mol. The summed E-state index contributed by atoms with van der Waals surface area (Å²) in [5.74, 6) is 1.88. The predicted molar refractivity (Wildman–Crippen MR) is 112 cm³/mol. The van der Waals surface area contributed by atoms with Crippen LogP contribution in [0, 0.1) is 0 Å². The molecule has 4 rings (SSSR count). The smallest absolute Gasteiger partial charge is 0.410 e. The Kier molecular flexibility index (Phi) is 5.56. The highest BCUT2D eigenvalue weighted by atomic mass is 16.6. The highest BCUT2D eigenvalue weighted by Crippen LogP contribution is 2.27. The van der Waals surface area contributed by atoms with Crippen LogP contribution in [0.15, 0.2) is 29.3 Å². The first kappa shape index (κ1) is 19.9. The highest BCUT2D eigenvalue weighted by molar-refractivity contribution is 5.82. The number of amides is 1. The molecule has 3 aliphatic rings. The van der Waals surface area contributed by atoms with Crippen molar-refractivity contribution in [2.75, 3.05) is 26.2 Å². The minimum absolute atomic E-state index is 0.209. The molecule has 1 aromatic carbocycles. The molecule has 2 heterocycles. The van der Waals surface area contributed by atoms with Crippen LogP contribution in [0.4, 0.5) is 4.79 Å². The Balaban J connectivity index is 1.31. The van der Waals surface area contributed by atoms with E-state index in [1.807, 2.05) is 39.0 Å². The molecule has 1 amide bonds. The molecule has 7 nitrogen and oxygen atoms in total. The number of nitrogens with zero attached hydrogens (tertiary/aromatic N) is 3. The summed E-state index contributed by atoms with van der Waals surface area (Å²) in [6.45, 7) is 9.12. The fraction of sp³-hybridized carbons (Fsp3) is 0.636. The van der Waals surface area contributed by atoms with Crippen LogP contribution >= 0.6 is 0 Å². The van der Waals surface area contributed by atoms with Gasteiger partial charge in [-0.2, -0.15) is 0 Å². The van der Waals surface area contributed by atoms with Gasteiger partial charge in [-0.15, -0.1) is 0 Å². The van der Waals surface area contributed by atoms with Gasteiger partial charge in [-0.05, 0) is 46.1 Å². The van der Waals surface area contributed by atoms with Crippen molar-refractivity contribution in [1.82, 2.24) is 15.1 Å². The Labute approximate surface area is 173 Å². The Bertz CT molecular complexity index is 770. The van der Waals surface area contributed by atoms with Crippen molar-refractivity contribution in [1.29, 1.82) is 0 Å². The third-order valence-corrected chi connectivity index (χ3v) is 5.61. The number of carbonyl (C=O) groups is 1. The molecule has 1 saturated heterocycles. The quantitative estimate of drug-likeness (QED) is 0.842. The number of fused-ring (bicyclic) bond motifs is 1. The van der Waals surface area contributed by atoms with Crippen LogP contribution in [0.3, 0.4) is 0 Å². The summed E-state index contributed by atoms with van der Waals surface area (Å²) in [5, 5.41) is 3.49. The molecule has 2 aliphatic heterocycles. The topological polar surface area (TPSA) is 66.4 Å². The summed E-state index contributed by atoms with van der Waals surface area (Å²) in [6, 6.07) is 8.43. The fourth-order valence-electron chi connectivity index (χ4n) is 3.83. The van der Waals surface area contributed by atoms with Crippen LogP contribution in [0.2, 0.25) is 0 Å². The number of carbonyl (C=O) groups excluding carboxylic acids is 1. The summed E-state index contributed by atoms with van der Waals surface area (Å²) in [4.78, 5) is 21.1. The highest BCUT2D eigenvalue weighted by Gasteiger charge is 2.36.